The molecule has 0 heterocycles. The zero-order valence-corrected chi connectivity index (χ0v) is 5.93. The van der Waals surface area contributed by atoms with Crippen LogP contribution in [-0.4, -0.2) is 16.8 Å². The molecule has 0 saturated carbocycles. The summed E-state index contributed by atoms with van der Waals surface area (Å²) >= 11 is 0. The normalized spacial score (nSPS) is 12.2. The summed E-state index contributed by atoms with van der Waals surface area (Å²) in [7, 11) is 0. The SMILES string of the molecule is CC(N)=C(C)C(=N)C(=O)O. The molecule has 4 nitrogen and oxygen atoms in total. The van der Waals surface area contributed by atoms with E-state index in [1.807, 2.05) is 0 Å². The molecular formula is C6H10N2O2. The molecule has 0 aliphatic carbocycles. The van der Waals surface area contributed by atoms with Gasteiger partial charge in [-0.05, 0) is 19.4 Å². The second-order valence-electron chi connectivity index (χ2n) is 1.99. The first-order valence-corrected chi connectivity index (χ1v) is 2.72. The second kappa shape index (κ2) is 3.00. The van der Waals surface area contributed by atoms with Crippen molar-refractivity contribution in [3.63, 3.8) is 0 Å². The number of rotatable bonds is 2. The van der Waals surface area contributed by atoms with Gasteiger partial charge in [-0.15, -0.1) is 0 Å². The lowest BCUT2D eigenvalue weighted by atomic mass is 10.1. The Morgan fingerprint density at radius 3 is 2.00 bits per heavy atom. The zero-order valence-electron chi connectivity index (χ0n) is 5.93. The van der Waals surface area contributed by atoms with E-state index in [1.54, 1.807) is 6.92 Å². The van der Waals surface area contributed by atoms with Gasteiger partial charge >= 0.3 is 5.97 Å². The Kier molecular flexibility index (Phi) is 2.61. The van der Waals surface area contributed by atoms with E-state index >= 15 is 0 Å². The summed E-state index contributed by atoms with van der Waals surface area (Å²) in [6.07, 6.45) is 0. The van der Waals surface area contributed by atoms with Crippen LogP contribution in [0.15, 0.2) is 11.3 Å². The van der Waals surface area contributed by atoms with Crippen LogP contribution in [0.2, 0.25) is 0 Å². The molecule has 0 amide bonds. The van der Waals surface area contributed by atoms with Crippen molar-refractivity contribution in [1.82, 2.24) is 0 Å². The Morgan fingerprint density at radius 1 is 1.50 bits per heavy atom. The van der Waals surface area contributed by atoms with Gasteiger partial charge in [0, 0.05) is 5.70 Å². The first-order valence-electron chi connectivity index (χ1n) is 2.72. The number of hydrogen-bond acceptors (Lipinski definition) is 3. The van der Waals surface area contributed by atoms with Gasteiger partial charge in [0.1, 0.15) is 5.71 Å². The third kappa shape index (κ3) is 1.89. The molecule has 0 rings (SSSR count). The third-order valence-corrected chi connectivity index (χ3v) is 1.18. The van der Waals surface area contributed by atoms with E-state index in [0.29, 0.717) is 11.3 Å². The van der Waals surface area contributed by atoms with Crippen molar-refractivity contribution in [3.05, 3.63) is 11.3 Å². The number of aliphatic carboxylic acids is 1. The molecule has 0 saturated heterocycles. The molecule has 0 atom stereocenters. The Balaban J connectivity index is 4.54. The highest BCUT2D eigenvalue weighted by Crippen LogP contribution is 1.98. The summed E-state index contributed by atoms with van der Waals surface area (Å²) in [5.41, 5.74) is 5.49. The van der Waals surface area contributed by atoms with E-state index in [4.69, 9.17) is 16.2 Å². The maximum absolute atomic E-state index is 10.1. The van der Waals surface area contributed by atoms with Gasteiger partial charge in [0.25, 0.3) is 0 Å². The number of nitrogens with two attached hydrogens (primary N) is 1. The molecule has 4 heteroatoms. The van der Waals surface area contributed by atoms with Crippen LogP contribution in [0, 0.1) is 5.41 Å². The standard InChI is InChI=1S/C6H10N2O2/c1-3(4(2)7)5(8)6(9)10/h8H,7H2,1-2H3,(H,9,10). The van der Waals surface area contributed by atoms with Gasteiger partial charge in [-0.2, -0.15) is 0 Å². The van der Waals surface area contributed by atoms with Crippen LogP contribution in [0.25, 0.3) is 0 Å². The second-order valence-corrected chi connectivity index (χ2v) is 1.99. The minimum absolute atomic E-state index is 0.313. The number of carbonyl (C=O) groups is 1. The van der Waals surface area contributed by atoms with Crippen LogP contribution in [0.4, 0.5) is 0 Å². The van der Waals surface area contributed by atoms with Crippen molar-refractivity contribution in [2.24, 2.45) is 5.73 Å². The number of allylic oxidation sites excluding steroid dienone is 1. The molecule has 0 spiro atoms. The molecule has 56 valence electrons. The number of nitrogens with one attached hydrogen (secondary N) is 1. The van der Waals surface area contributed by atoms with Gasteiger partial charge in [-0.3, -0.25) is 5.41 Å². The molecule has 0 aliphatic rings. The van der Waals surface area contributed by atoms with Crippen molar-refractivity contribution in [1.29, 1.82) is 5.41 Å². The quantitative estimate of drug-likeness (QED) is 0.486. The van der Waals surface area contributed by atoms with Crippen molar-refractivity contribution < 1.29 is 9.90 Å². The van der Waals surface area contributed by atoms with Crippen molar-refractivity contribution in [2.45, 2.75) is 13.8 Å². The molecule has 0 aromatic rings. The van der Waals surface area contributed by atoms with E-state index < -0.39 is 11.7 Å². The summed E-state index contributed by atoms with van der Waals surface area (Å²) in [5.74, 6) is -1.25. The Labute approximate surface area is 58.9 Å². The minimum Gasteiger partial charge on any atom is -0.477 e. The monoisotopic (exact) mass is 142 g/mol. The zero-order chi connectivity index (χ0) is 8.31. The smallest absolute Gasteiger partial charge is 0.354 e. The predicted molar refractivity (Wildman–Crippen MR) is 37.9 cm³/mol. The highest BCUT2D eigenvalue weighted by Gasteiger charge is 2.09. The number of hydrogen-bond donors (Lipinski definition) is 3. The molecule has 0 radical (unpaired) electrons. The van der Waals surface area contributed by atoms with E-state index in [9.17, 15) is 4.79 Å². The van der Waals surface area contributed by atoms with Crippen LogP contribution < -0.4 is 5.73 Å². The molecule has 0 aromatic carbocycles. The number of carboxylic acids is 1. The summed E-state index contributed by atoms with van der Waals surface area (Å²) in [6.45, 7) is 3.07. The van der Waals surface area contributed by atoms with Crippen LogP contribution in [0.5, 0.6) is 0 Å². The Hall–Kier alpha value is -1.32. The largest absolute Gasteiger partial charge is 0.477 e. The van der Waals surface area contributed by atoms with Crippen LogP contribution in [0.1, 0.15) is 13.8 Å². The maximum Gasteiger partial charge on any atom is 0.354 e. The summed E-state index contributed by atoms with van der Waals surface area (Å²) in [4.78, 5) is 10.1. The third-order valence-electron chi connectivity index (χ3n) is 1.18. The van der Waals surface area contributed by atoms with E-state index in [-0.39, 0.29) is 0 Å². The Bertz CT molecular complexity index is 202. The first kappa shape index (κ1) is 8.68. The van der Waals surface area contributed by atoms with Crippen molar-refractivity contribution >= 4 is 11.7 Å². The fourth-order valence-electron chi connectivity index (χ4n) is 0.358. The van der Waals surface area contributed by atoms with Crippen LogP contribution in [0.3, 0.4) is 0 Å². The maximum atomic E-state index is 10.1. The average molecular weight is 142 g/mol. The molecule has 4 N–H and O–H groups in total. The molecular weight excluding hydrogens is 132 g/mol. The minimum atomic E-state index is -1.25. The lowest BCUT2D eigenvalue weighted by Crippen LogP contribution is -2.15. The molecule has 0 fully saturated rings. The molecule has 10 heavy (non-hydrogen) atoms. The molecule has 0 unspecified atom stereocenters. The lowest BCUT2D eigenvalue weighted by molar-refractivity contribution is -0.129. The lowest BCUT2D eigenvalue weighted by Gasteiger charge is -1.99. The van der Waals surface area contributed by atoms with E-state index in [0.717, 1.165) is 0 Å². The predicted octanol–water partition coefficient (Wildman–Crippen LogP) is 0.343. The topological polar surface area (TPSA) is 87.2 Å². The van der Waals surface area contributed by atoms with Crippen LogP contribution >= 0.6 is 0 Å². The molecule has 0 aromatic heterocycles. The number of carboxylic acid groups (broad SMARTS) is 1. The van der Waals surface area contributed by atoms with Gasteiger partial charge in [-0.1, -0.05) is 0 Å². The van der Waals surface area contributed by atoms with Crippen molar-refractivity contribution in [2.75, 3.05) is 0 Å². The van der Waals surface area contributed by atoms with Gasteiger partial charge < -0.3 is 10.8 Å². The Morgan fingerprint density at radius 2 is 1.90 bits per heavy atom. The highest BCUT2D eigenvalue weighted by molar-refractivity contribution is 6.41. The van der Waals surface area contributed by atoms with Gasteiger partial charge in [0.15, 0.2) is 0 Å². The van der Waals surface area contributed by atoms with Crippen molar-refractivity contribution in [3.8, 4) is 0 Å². The van der Waals surface area contributed by atoms with Gasteiger partial charge in [0.2, 0.25) is 0 Å². The fourth-order valence-corrected chi connectivity index (χ4v) is 0.358. The van der Waals surface area contributed by atoms with Crippen LogP contribution in [-0.2, 0) is 4.79 Å². The van der Waals surface area contributed by atoms with E-state index in [1.165, 1.54) is 6.92 Å². The van der Waals surface area contributed by atoms with Gasteiger partial charge in [-0.25, -0.2) is 4.79 Å². The highest BCUT2D eigenvalue weighted by atomic mass is 16.4. The summed E-state index contributed by atoms with van der Waals surface area (Å²) < 4.78 is 0. The average Bonchev–Trinajstić information content (AvgIpc) is 1.84. The van der Waals surface area contributed by atoms with Gasteiger partial charge in [0.05, 0.1) is 0 Å². The summed E-state index contributed by atoms with van der Waals surface area (Å²) in [6, 6.07) is 0. The first-order chi connectivity index (χ1) is 4.46. The van der Waals surface area contributed by atoms with E-state index in [2.05, 4.69) is 0 Å². The molecule has 0 bridgehead atoms. The summed E-state index contributed by atoms with van der Waals surface area (Å²) in [5, 5.41) is 15.2. The molecule has 0 aliphatic heterocycles. The fraction of sp³-hybridized carbons (Fsp3) is 0.333.